The highest BCUT2D eigenvalue weighted by Gasteiger charge is 2.27. The molecular weight excluding hydrogens is 176 g/mol. The van der Waals surface area contributed by atoms with Crippen LogP contribution >= 0.6 is 0 Å². The van der Waals surface area contributed by atoms with Gasteiger partial charge in [-0.25, -0.2) is 0 Å². The Bertz CT molecular complexity index is 254. The van der Waals surface area contributed by atoms with Crippen molar-refractivity contribution in [3.05, 3.63) is 11.6 Å². The molecule has 1 atom stereocenters. The van der Waals surface area contributed by atoms with Crippen LogP contribution < -0.4 is 5.32 Å². The van der Waals surface area contributed by atoms with E-state index < -0.39 is 0 Å². The van der Waals surface area contributed by atoms with Crippen LogP contribution in [0, 0.1) is 0 Å². The van der Waals surface area contributed by atoms with Crippen molar-refractivity contribution in [2.45, 2.75) is 32.2 Å². The summed E-state index contributed by atoms with van der Waals surface area (Å²) in [5.74, 6) is 0.301. The van der Waals surface area contributed by atoms with Gasteiger partial charge in [-0.15, -0.1) is 0 Å². The highest BCUT2D eigenvalue weighted by atomic mass is 16.2. The Morgan fingerprint density at radius 1 is 1.64 bits per heavy atom. The van der Waals surface area contributed by atoms with E-state index in [4.69, 9.17) is 0 Å². The average Bonchev–Trinajstić information content (AvgIpc) is 2.69. The Morgan fingerprint density at radius 3 is 3.14 bits per heavy atom. The minimum Gasteiger partial charge on any atom is -0.337 e. The van der Waals surface area contributed by atoms with Crippen molar-refractivity contribution in [3.8, 4) is 0 Å². The Hall–Kier alpha value is -0.830. The molecule has 0 radical (unpaired) electrons. The zero-order chi connectivity index (χ0) is 9.97. The molecule has 1 fully saturated rings. The van der Waals surface area contributed by atoms with Crippen molar-refractivity contribution in [1.29, 1.82) is 0 Å². The van der Waals surface area contributed by atoms with E-state index in [1.54, 1.807) is 0 Å². The third-order valence-corrected chi connectivity index (χ3v) is 3.00. The number of nitrogens with one attached hydrogen (secondary N) is 1. The number of hydrogen-bond acceptors (Lipinski definition) is 2. The zero-order valence-corrected chi connectivity index (χ0v) is 8.75. The molecule has 1 saturated heterocycles. The Morgan fingerprint density at radius 2 is 2.50 bits per heavy atom. The van der Waals surface area contributed by atoms with Crippen LogP contribution in [0.25, 0.3) is 0 Å². The van der Waals surface area contributed by atoms with Crippen LogP contribution in [-0.2, 0) is 4.79 Å². The van der Waals surface area contributed by atoms with Gasteiger partial charge in [-0.1, -0.05) is 11.6 Å². The molecule has 2 aliphatic rings. The largest absolute Gasteiger partial charge is 0.337 e. The third kappa shape index (κ3) is 1.98. The Kier molecular flexibility index (Phi) is 2.87. The SMILES string of the molecule is CC1=CCCN(C(=O)[C@H]2CCCN2)C1. The summed E-state index contributed by atoms with van der Waals surface area (Å²) in [5.41, 5.74) is 1.32. The number of carbonyl (C=O) groups is 1. The first-order valence-corrected chi connectivity index (χ1v) is 5.45. The number of hydrogen-bond donors (Lipinski definition) is 1. The number of amides is 1. The van der Waals surface area contributed by atoms with Crippen LogP contribution in [0.1, 0.15) is 26.2 Å². The van der Waals surface area contributed by atoms with E-state index in [9.17, 15) is 4.79 Å². The highest BCUT2D eigenvalue weighted by Crippen LogP contribution is 2.13. The molecular formula is C11H18N2O. The van der Waals surface area contributed by atoms with Crippen molar-refractivity contribution >= 4 is 5.91 Å². The van der Waals surface area contributed by atoms with E-state index in [-0.39, 0.29) is 6.04 Å². The molecule has 1 N–H and O–H groups in total. The summed E-state index contributed by atoms with van der Waals surface area (Å²) in [4.78, 5) is 14.0. The van der Waals surface area contributed by atoms with Crippen LogP contribution in [0.2, 0.25) is 0 Å². The van der Waals surface area contributed by atoms with E-state index in [1.165, 1.54) is 5.57 Å². The molecule has 0 unspecified atom stereocenters. The van der Waals surface area contributed by atoms with Gasteiger partial charge in [-0.2, -0.15) is 0 Å². The standard InChI is InChI=1S/C11H18N2O/c1-9-4-3-7-13(8-9)11(14)10-5-2-6-12-10/h4,10,12H,2-3,5-8H2,1H3/t10-/m1/s1. The van der Waals surface area contributed by atoms with Gasteiger partial charge in [0.25, 0.3) is 0 Å². The van der Waals surface area contributed by atoms with Crippen LogP contribution in [0.15, 0.2) is 11.6 Å². The molecule has 0 aromatic heterocycles. The molecule has 0 saturated carbocycles. The van der Waals surface area contributed by atoms with Gasteiger partial charge in [0.05, 0.1) is 6.04 Å². The summed E-state index contributed by atoms with van der Waals surface area (Å²) < 4.78 is 0. The molecule has 3 nitrogen and oxygen atoms in total. The van der Waals surface area contributed by atoms with Crippen LogP contribution in [0.5, 0.6) is 0 Å². The summed E-state index contributed by atoms with van der Waals surface area (Å²) >= 11 is 0. The van der Waals surface area contributed by atoms with Gasteiger partial charge >= 0.3 is 0 Å². The first-order chi connectivity index (χ1) is 6.77. The molecule has 0 aromatic rings. The smallest absolute Gasteiger partial charge is 0.240 e. The van der Waals surface area contributed by atoms with Crippen LogP contribution in [0.4, 0.5) is 0 Å². The number of carbonyl (C=O) groups excluding carboxylic acids is 1. The predicted octanol–water partition coefficient (Wildman–Crippen LogP) is 0.917. The fraction of sp³-hybridized carbons (Fsp3) is 0.727. The van der Waals surface area contributed by atoms with Gasteiger partial charge in [-0.3, -0.25) is 4.79 Å². The molecule has 0 bridgehead atoms. The second kappa shape index (κ2) is 4.13. The van der Waals surface area contributed by atoms with Gasteiger partial charge in [-0.05, 0) is 32.7 Å². The molecule has 0 spiro atoms. The summed E-state index contributed by atoms with van der Waals surface area (Å²) in [7, 11) is 0. The maximum absolute atomic E-state index is 12.0. The zero-order valence-electron chi connectivity index (χ0n) is 8.75. The second-order valence-corrected chi connectivity index (χ2v) is 4.25. The first kappa shape index (κ1) is 9.71. The first-order valence-electron chi connectivity index (χ1n) is 5.45. The Balaban J connectivity index is 1.94. The molecule has 14 heavy (non-hydrogen) atoms. The van der Waals surface area contributed by atoms with E-state index in [0.717, 1.165) is 38.9 Å². The second-order valence-electron chi connectivity index (χ2n) is 4.25. The summed E-state index contributed by atoms with van der Waals surface area (Å²) in [6.45, 7) is 4.83. The monoisotopic (exact) mass is 194 g/mol. The summed E-state index contributed by atoms with van der Waals surface area (Å²) in [5, 5.41) is 3.26. The fourth-order valence-corrected chi connectivity index (χ4v) is 2.22. The molecule has 2 heterocycles. The van der Waals surface area contributed by atoms with Gasteiger partial charge in [0.1, 0.15) is 0 Å². The summed E-state index contributed by atoms with van der Waals surface area (Å²) in [6.07, 6.45) is 5.40. The lowest BCUT2D eigenvalue weighted by atomic mass is 10.1. The predicted molar refractivity (Wildman–Crippen MR) is 56.0 cm³/mol. The van der Waals surface area contributed by atoms with E-state index >= 15 is 0 Å². The maximum atomic E-state index is 12.0. The minimum absolute atomic E-state index is 0.0981. The molecule has 1 amide bonds. The summed E-state index contributed by atoms with van der Waals surface area (Å²) in [6, 6.07) is 0.0981. The molecule has 78 valence electrons. The topological polar surface area (TPSA) is 32.3 Å². The van der Waals surface area contributed by atoms with Crippen LogP contribution in [0.3, 0.4) is 0 Å². The van der Waals surface area contributed by atoms with Gasteiger partial charge in [0.2, 0.25) is 5.91 Å². The lowest BCUT2D eigenvalue weighted by Gasteiger charge is -2.28. The van der Waals surface area contributed by atoms with Gasteiger partial charge in [0.15, 0.2) is 0 Å². The Labute approximate surface area is 85.2 Å². The van der Waals surface area contributed by atoms with E-state index in [1.807, 2.05) is 4.90 Å². The van der Waals surface area contributed by atoms with E-state index in [2.05, 4.69) is 18.3 Å². The van der Waals surface area contributed by atoms with Crippen molar-refractivity contribution in [1.82, 2.24) is 10.2 Å². The minimum atomic E-state index is 0.0981. The quantitative estimate of drug-likeness (QED) is 0.629. The normalized spacial score (nSPS) is 27.6. The van der Waals surface area contributed by atoms with Crippen molar-refractivity contribution in [3.63, 3.8) is 0 Å². The lowest BCUT2D eigenvalue weighted by molar-refractivity contribution is -0.132. The van der Waals surface area contributed by atoms with Gasteiger partial charge < -0.3 is 10.2 Å². The van der Waals surface area contributed by atoms with Crippen molar-refractivity contribution < 1.29 is 4.79 Å². The van der Waals surface area contributed by atoms with E-state index in [0.29, 0.717) is 5.91 Å². The highest BCUT2D eigenvalue weighted by molar-refractivity contribution is 5.82. The number of nitrogens with zero attached hydrogens (tertiary/aromatic N) is 1. The molecule has 0 aromatic carbocycles. The van der Waals surface area contributed by atoms with Crippen molar-refractivity contribution in [2.24, 2.45) is 0 Å². The lowest BCUT2D eigenvalue weighted by Crippen LogP contribution is -2.45. The average molecular weight is 194 g/mol. The van der Waals surface area contributed by atoms with Crippen LogP contribution in [-0.4, -0.2) is 36.5 Å². The fourth-order valence-electron chi connectivity index (χ4n) is 2.22. The van der Waals surface area contributed by atoms with Crippen molar-refractivity contribution in [2.75, 3.05) is 19.6 Å². The molecule has 0 aliphatic carbocycles. The molecule has 2 aliphatic heterocycles. The molecule has 3 heteroatoms. The molecule has 2 rings (SSSR count). The van der Waals surface area contributed by atoms with Gasteiger partial charge in [0, 0.05) is 13.1 Å². The number of rotatable bonds is 1. The maximum Gasteiger partial charge on any atom is 0.240 e. The third-order valence-electron chi connectivity index (χ3n) is 3.00.